The summed E-state index contributed by atoms with van der Waals surface area (Å²) in [4.78, 5) is 4.45. The van der Waals surface area contributed by atoms with Gasteiger partial charge in [0.1, 0.15) is 17.4 Å². The molecule has 0 saturated carbocycles. The fraction of sp³-hybridized carbons (Fsp3) is 0.414. The number of halogens is 2. The van der Waals surface area contributed by atoms with Crippen LogP contribution in [0, 0.1) is 11.6 Å². The van der Waals surface area contributed by atoms with Crippen LogP contribution in [-0.4, -0.2) is 59.8 Å². The van der Waals surface area contributed by atoms with Gasteiger partial charge in [-0.05, 0) is 73.7 Å². The largest absolute Gasteiger partial charge is 0.497 e. The van der Waals surface area contributed by atoms with E-state index in [2.05, 4.69) is 10.3 Å². The Hall–Kier alpha value is -2.91. The minimum absolute atomic E-state index is 0.0136. The summed E-state index contributed by atoms with van der Waals surface area (Å²) in [7, 11) is 1.65. The summed E-state index contributed by atoms with van der Waals surface area (Å²) in [5.74, 6) is -0.180. The van der Waals surface area contributed by atoms with Crippen molar-refractivity contribution in [1.82, 2.24) is 10.3 Å². The molecule has 1 saturated heterocycles. The van der Waals surface area contributed by atoms with Gasteiger partial charge in [0, 0.05) is 36.2 Å². The van der Waals surface area contributed by atoms with Gasteiger partial charge in [-0.2, -0.15) is 0 Å². The molecule has 4 rings (SSSR count). The molecule has 1 fully saturated rings. The number of aromatic nitrogens is 1. The number of aliphatic hydroxyl groups excluding tert-OH is 2. The molecular formula is C29H34F2N2O4. The van der Waals surface area contributed by atoms with E-state index in [1.165, 1.54) is 5.56 Å². The van der Waals surface area contributed by atoms with Gasteiger partial charge in [0.2, 0.25) is 0 Å². The van der Waals surface area contributed by atoms with Crippen LogP contribution in [-0.2, 0) is 11.2 Å². The lowest BCUT2D eigenvalue weighted by molar-refractivity contribution is -0.0917. The van der Waals surface area contributed by atoms with Gasteiger partial charge in [-0.15, -0.1) is 0 Å². The number of pyridine rings is 1. The van der Waals surface area contributed by atoms with E-state index >= 15 is 0 Å². The molecule has 0 spiro atoms. The van der Waals surface area contributed by atoms with Gasteiger partial charge in [-0.25, -0.2) is 8.78 Å². The summed E-state index contributed by atoms with van der Waals surface area (Å²) >= 11 is 0. The summed E-state index contributed by atoms with van der Waals surface area (Å²) in [5.41, 5.74) is 2.28. The Kier molecular flexibility index (Phi) is 9.57. The normalized spacial score (nSPS) is 20.9. The van der Waals surface area contributed by atoms with E-state index in [4.69, 9.17) is 9.47 Å². The first-order valence-corrected chi connectivity index (χ1v) is 12.7. The number of methoxy groups -OCH3 is 1. The van der Waals surface area contributed by atoms with Gasteiger partial charge < -0.3 is 25.0 Å². The number of nitrogens with zero attached hydrogens (tertiary/aromatic N) is 1. The zero-order chi connectivity index (χ0) is 26.2. The second kappa shape index (κ2) is 13.1. The summed E-state index contributed by atoms with van der Waals surface area (Å²) in [6.45, 7) is 0.103. The summed E-state index contributed by atoms with van der Waals surface area (Å²) in [5, 5.41) is 23.9. The maximum absolute atomic E-state index is 13.8. The van der Waals surface area contributed by atoms with E-state index in [0.29, 0.717) is 13.0 Å². The Labute approximate surface area is 216 Å². The van der Waals surface area contributed by atoms with Gasteiger partial charge in [-0.3, -0.25) is 4.98 Å². The zero-order valence-corrected chi connectivity index (χ0v) is 20.9. The Morgan fingerprint density at radius 2 is 2.05 bits per heavy atom. The van der Waals surface area contributed by atoms with E-state index < -0.39 is 17.7 Å². The molecule has 1 aliphatic heterocycles. The van der Waals surface area contributed by atoms with E-state index in [9.17, 15) is 19.0 Å². The molecule has 0 amide bonds. The first-order valence-electron chi connectivity index (χ1n) is 12.7. The van der Waals surface area contributed by atoms with E-state index in [1.807, 2.05) is 30.5 Å². The minimum atomic E-state index is -0.874. The topological polar surface area (TPSA) is 83.8 Å². The van der Waals surface area contributed by atoms with Crippen molar-refractivity contribution in [2.45, 2.75) is 56.5 Å². The predicted molar refractivity (Wildman–Crippen MR) is 139 cm³/mol. The van der Waals surface area contributed by atoms with Crippen LogP contribution in [0.1, 0.15) is 36.8 Å². The SMILES string of the molecule is COc1ccc2nccc(CC[C@@H]3CC[C@@H](NCC=Cc4cc(F)ccc4F)[C@@H](C[C@@H](O)CO)O3)c2c1. The second-order valence-electron chi connectivity index (χ2n) is 9.42. The molecule has 0 bridgehead atoms. The van der Waals surface area contributed by atoms with Crippen LogP contribution >= 0.6 is 0 Å². The third-order valence-corrected chi connectivity index (χ3v) is 6.86. The van der Waals surface area contributed by atoms with Crippen LogP contribution in [0.5, 0.6) is 5.75 Å². The number of aryl methyl sites for hydroxylation is 1. The van der Waals surface area contributed by atoms with E-state index in [0.717, 1.165) is 60.5 Å². The minimum Gasteiger partial charge on any atom is -0.497 e. The standard InChI is InChI=1S/C29H34F2N2O4/c1-36-24-8-10-27-25(17-24)19(12-14-33-27)4-6-23-7-11-28(29(37-23)16-22(35)18-34)32-13-2-3-20-15-21(30)5-9-26(20)31/h2-3,5,8-10,12,14-15,17,22-23,28-29,32,34-35H,4,6-7,11,13,16,18H2,1H3/t22-,23-,28-,29-/m1/s1. The molecule has 1 aliphatic rings. The molecule has 0 unspecified atom stereocenters. The lowest BCUT2D eigenvalue weighted by atomic mass is 9.92. The van der Waals surface area contributed by atoms with Gasteiger partial charge in [0.25, 0.3) is 0 Å². The Balaban J connectivity index is 1.36. The Bertz CT molecular complexity index is 1210. The molecule has 3 aromatic rings. The monoisotopic (exact) mass is 512 g/mol. The van der Waals surface area contributed by atoms with Crippen LogP contribution < -0.4 is 10.1 Å². The molecule has 0 radical (unpaired) electrons. The molecular weight excluding hydrogens is 478 g/mol. The molecule has 0 aliphatic carbocycles. The lowest BCUT2D eigenvalue weighted by Crippen LogP contribution is -2.49. The number of benzene rings is 2. The molecule has 2 aromatic carbocycles. The molecule has 198 valence electrons. The highest BCUT2D eigenvalue weighted by molar-refractivity contribution is 5.83. The molecule has 6 nitrogen and oxygen atoms in total. The highest BCUT2D eigenvalue weighted by Gasteiger charge is 2.32. The van der Waals surface area contributed by atoms with Crippen molar-refractivity contribution < 1.29 is 28.5 Å². The predicted octanol–water partition coefficient (Wildman–Crippen LogP) is 4.42. The van der Waals surface area contributed by atoms with Gasteiger partial charge in [0.05, 0.1) is 37.5 Å². The fourth-order valence-electron chi connectivity index (χ4n) is 4.86. The van der Waals surface area contributed by atoms with Crippen LogP contribution in [0.15, 0.2) is 54.7 Å². The lowest BCUT2D eigenvalue weighted by Gasteiger charge is -2.38. The van der Waals surface area contributed by atoms with Crippen molar-refractivity contribution in [3.8, 4) is 5.75 Å². The first-order chi connectivity index (χ1) is 18.0. The van der Waals surface area contributed by atoms with E-state index in [1.54, 1.807) is 19.3 Å². The molecule has 37 heavy (non-hydrogen) atoms. The highest BCUT2D eigenvalue weighted by Crippen LogP contribution is 2.28. The average Bonchev–Trinajstić information content (AvgIpc) is 2.92. The Morgan fingerprint density at radius 1 is 1.19 bits per heavy atom. The van der Waals surface area contributed by atoms with Crippen LogP contribution in [0.4, 0.5) is 8.78 Å². The van der Waals surface area contributed by atoms with Crippen molar-refractivity contribution in [1.29, 1.82) is 0 Å². The molecule has 4 atom stereocenters. The van der Waals surface area contributed by atoms with Crippen LogP contribution in [0.2, 0.25) is 0 Å². The Morgan fingerprint density at radius 3 is 2.86 bits per heavy atom. The molecule has 8 heteroatoms. The number of hydrogen-bond acceptors (Lipinski definition) is 6. The van der Waals surface area contributed by atoms with Crippen molar-refractivity contribution in [2.75, 3.05) is 20.3 Å². The molecule has 3 N–H and O–H groups in total. The summed E-state index contributed by atoms with van der Waals surface area (Å²) in [6, 6.07) is 11.2. The van der Waals surface area contributed by atoms with Gasteiger partial charge in [-0.1, -0.05) is 12.2 Å². The fourth-order valence-corrected chi connectivity index (χ4v) is 4.86. The van der Waals surface area contributed by atoms with Crippen molar-refractivity contribution in [3.05, 3.63) is 77.5 Å². The van der Waals surface area contributed by atoms with Crippen molar-refractivity contribution in [2.24, 2.45) is 0 Å². The summed E-state index contributed by atoms with van der Waals surface area (Å²) in [6.07, 6.45) is 7.57. The van der Waals surface area contributed by atoms with Gasteiger partial charge in [0.15, 0.2) is 0 Å². The smallest absolute Gasteiger partial charge is 0.130 e. The number of ether oxygens (including phenoxy) is 2. The first kappa shape index (κ1) is 27.1. The zero-order valence-electron chi connectivity index (χ0n) is 20.9. The van der Waals surface area contributed by atoms with Crippen molar-refractivity contribution in [3.63, 3.8) is 0 Å². The third kappa shape index (κ3) is 7.32. The average molecular weight is 513 g/mol. The molecule has 1 aromatic heterocycles. The number of nitrogens with one attached hydrogen (secondary N) is 1. The quantitative estimate of drug-likeness (QED) is 0.353. The van der Waals surface area contributed by atoms with E-state index in [-0.39, 0.29) is 30.4 Å². The number of rotatable bonds is 11. The number of aliphatic hydroxyl groups is 2. The maximum Gasteiger partial charge on any atom is 0.130 e. The highest BCUT2D eigenvalue weighted by atomic mass is 19.1. The molecule has 2 heterocycles. The maximum atomic E-state index is 13.8. The summed E-state index contributed by atoms with van der Waals surface area (Å²) < 4.78 is 39.0. The third-order valence-electron chi connectivity index (χ3n) is 6.86. The number of hydrogen-bond donors (Lipinski definition) is 3. The van der Waals surface area contributed by atoms with Crippen LogP contribution in [0.25, 0.3) is 17.0 Å². The van der Waals surface area contributed by atoms with Crippen molar-refractivity contribution >= 4 is 17.0 Å². The van der Waals surface area contributed by atoms with Crippen LogP contribution in [0.3, 0.4) is 0 Å². The van der Waals surface area contributed by atoms with Gasteiger partial charge >= 0.3 is 0 Å². The number of fused-ring (bicyclic) bond motifs is 1. The second-order valence-corrected chi connectivity index (χ2v) is 9.42.